The second-order valence-electron chi connectivity index (χ2n) is 7.89. The lowest BCUT2D eigenvalue weighted by molar-refractivity contribution is -0.696. The second-order valence-corrected chi connectivity index (χ2v) is 9.26. The normalized spacial score (nSPS) is 11.6. The fourth-order valence-electron chi connectivity index (χ4n) is 2.82. The van der Waals surface area contributed by atoms with Crippen LogP contribution in [0.5, 0.6) is 0 Å². The molecule has 1 aromatic rings. The molecule has 1 heterocycles. The zero-order valence-electron chi connectivity index (χ0n) is 19.6. The number of aryl methyl sites for hydroxylation is 2. The van der Waals surface area contributed by atoms with E-state index in [4.69, 9.17) is 17.7 Å². The van der Waals surface area contributed by atoms with Gasteiger partial charge in [-0.1, -0.05) is 45.6 Å². The van der Waals surface area contributed by atoms with Gasteiger partial charge in [-0.3, -0.25) is 0 Å². The van der Waals surface area contributed by atoms with E-state index in [-0.39, 0.29) is 5.97 Å². The molecule has 0 saturated heterocycles. The Morgan fingerprint density at radius 3 is 2.15 bits per heavy atom. The minimum Gasteiger partial charge on any atom is -0.741 e. The number of hydrogen-bond acceptors (Lipinski definition) is 5. The summed E-state index contributed by atoms with van der Waals surface area (Å²) in [4.78, 5) is 11.2. The quantitative estimate of drug-likeness (QED) is 0.0859. The van der Waals surface area contributed by atoms with Gasteiger partial charge in [0.05, 0.1) is 19.7 Å². The van der Waals surface area contributed by atoms with Crippen LogP contribution in [0.15, 0.2) is 30.9 Å². The Morgan fingerprint density at radius 2 is 1.61 bits per heavy atom. The van der Waals surface area contributed by atoms with Crippen molar-refractivity contribution in [2.24, 2.45) is 0 Å². The van der Waals surface area contributed by atoms with Crippen LogP contribution in [0.25, 0.3) is 0 Å². The average molecular weight is 499 g/mol. The number of aromatic nitrogens is 2. The molecule has 33 heavy (non-hydrogen) atoms. The van der Waals surface area contributed by atoms with Crippen molar-refractivity contribution in [3.8, 4) is 0 Å². The molecular formula is C22H37F3N2O5S. The number of unbranched alkanes of at least 4 members (excludes halogenated alkanes) is 8. The fourth-order valence-corrected chi connectivity index (χ4v) is 2.82. The highest BCUT2D eigenvalue weighted by atomic mass is 32.2. The lowest BCUT2D eigenvalue weighted by Gasteiger charge is -2.08. The van der Waals surface area contributed by atoms with E-state index in [1.54, 1.807) is 6.92 Å². The molecule has 0 radical (unpaired) electrons. The summed E-state index contributed by atoms with van der Waals surface area (Å²) in [5, 5.41) is 0. The van der Waals surface area contributed by atoms with Crippen molar-refractivity contribution < 1.29 is 40.2 Å². The molecule has 0 saturated carbocycles. The molecule has 1 aromatic heterocycles. The molecule has 192 valence electrons. The first-order valence-corrected chi connectivity index (χ1v) is 12.7. The number of carbonyl (C=O) groups excluding carboxylic acids is 1. The first-order chi connectivity index (χ1) is 15.4. The molecule has 0 spiro atoms. The van der Waals surface area contributed by atoms with Crippen LogP contribution in [0.3, 0.4) is 0 Å². The van der Waals surface area contributed by atoms with Crippen molar-refractivity contribution in [1.82, 2.24) is 4.57 Å². The van der Waals surface area contributed by atoms with E-state index in [2.05, 4.69) is 41.4 Å². The summed E-state index contributed by atoms with van der Waals surface area (Å²) in [6, 6.07) is 0. The Labute approximate surface area is 195 Å². The van der Waals surface area contributed by atoms with E-state index in [0.29, 0.717) is 12.2 Å². The summed E-state index contributed by atoms with van der Waals surface area (Å²) in [6.45, 7) is 10.3. The molecule has 0 unspecified atom stereocenters. The van der Waals surface area contributed by atoms with Crippen LogP contribution in [0.4, 0.5) is 13.2 Å². The molecule has 0 aliphatic heterocycles. The molecule has 1 rings (SSSR count). The van der Waals surface area contributed by atoms with Crippen LogP contribution >= 0.6 is 0 Å². The van der Waals surface area contributed by atoms with Gasteiger partial charge in [-0.2, -0.15) is 13.2 Å². The van der Waals surface area contributed by atoms with Gasteiger partial charge >= 0.3 is 11.5 Å². The summed E-state index contributed by atoms with van der Waals surface area (Å²) in [6.07, 6.45) is 18.9. The van der Waals surface area contributed by atoms with Crippen molar-refractivity contribution in [2.45, 2.75) is 96.7 Å². The Hall–Kier alpha value is -1.88. The van der Waals surface area contributed by atoms with Crippen molar-refractivity contribution >= 4 is 16.1 Å². The summed E-state index contributed by atoms with van der Waals surface area (Å²) in [5.74, 6) is -0.269. The standard InChI is InChI=1S/C21H37N2O2.CHF3O3S/c1-4-5-6-11-14-22-16-17-23(19-22)15-12-9-7-8-10-13-18-25-21(24)20(2)3;2-1(3,4)8(5,6)7/h16-17,19H,2,4-15,18H2,1,3H3;(H,5,6,7)/q+1;/p-1. The molecule has 0 fully saturated rings. The van der Waals surface area contributed by atoms with Gasteiger partial charge in [0, 0.05) is 5.57 Å². The Morgan fingerprint density at radius 1 is 1.06 bits per heavy atom. The number of rotatable bonds is 15. The molecule has 0 bridgehead atoms. The van der Waals surface area contributed by atoms with Gasteiger partial charge in [0.25, 0.3) is 0 Å². The highest BCUT2D eigenvalue weighted by Gasteiger charge is 2.36. The third-order valence-electron chi connectivity index (χ3n) is 4.69. The van der Waals surface area contributed by atoms with E-state index >= 15 is 0 Å². The van der Waals surface area contributed by atoms with Crippen LogP contribution in [0.1, 0.15) is 78.1 Å². The molecule has 0 aromatic carbocycles. The zero-order valence-corrected chi connectivity index (χ0v) is 20.4. The third-order valence-corrected chi connectivity index (χ3v) is 5.26. The molecular weight excluding hydrogens is 461 g/mol. The van der Waals surface area contributed by atoms with Crippen LogP contribution < -0.4 is 4.57 Å². The number of hydrogen-bond donors (Lipinski definition) is 0. The van der Waals surface area contributed by atoms with Gasteiger partial charge in [0.1, 0.15) is 12.4 Å². The number of ether oxygens (including phenoxy) is 1. The van der Waals surface area contributed by atoms with Crippen LogP contribution in [-0.4, -0.2) is 35.6 Å². The first-order valence-electron chi connectivity index (χ1n) is 11.3. The van der Waals surface area contributed by atoms with E-state index in [0.717, 1.165) is 25.9 Å². The molecule has 11 heteroatoms. The minimum atomic E-state index is -6.09. The number of imidazole rings is 1. The van der Waals surface area contributed by atoms with Crippen molar-refractivity contribution in [3.05, 3.63) is 30.9 Å². The highest BCUT2D eigenvalue weighted by Crippen LogP contribution is 2.20. The van der Waals surface area contributed by atoms with E-state index in [1.165, 1.54) is 51.4 Å². The van der Waals surface area contributed by atoms with E-state index in [9.17, 15) is 18.0 Å². The van der Waals surface area contributed by atoms with Crippen molar-refractivity contribution in [1.29, 1.82) is 0 Å². The lowest BCUT2D eigenvalue weighted by Crippen LogP contribution is -2.30. The fraction of sp³-hybridized carbons (Fsp3) is 0.727. The number of esters is 1. The van der Waals surface area contributed by atoms with Crippen LogP contribution in [0.2, 0.25) is 0 Å². The largest absolute Gasteiger partial charge is 0.741 e. The average Bonchev–Trinajstić information content (AvgIpc) is 3.16. The zero-order chi connectivity index (χ0) is 25.3. The minimum absolute atomic E-state index is 0.269. The Kier molecular flexibility index (Phi) is 15.7. The summed E-state index contributed by atoms with van der Waals surface area (Å²) in [5.41, 5.74) is -5.17. The molecule has 0 aliphatic carbocycles. The number of alkyl halides is 3. The third kappa shape index (κ3) is 16.4. The van der Waals surface area contributed by atoms with Gasteiger partial charge in [-0.05, 0) is 39.0 Å². The topological polar surface area (TPSA) is 92.3 Å². The first kappa shape index (κ1) is 31.1. The maximum absolute atomic E-state index is 11.2. The smallest absolute Gasteiger partial charge is 0.485 e. The summed E-state index contributed by atoms with van der Waals surface area (Å²) in [7, 11) is -6.09. The number of carbonyl (C=O) groups is 1. The van der Waals surface area contributed by atoms with Crippen LogP contribution in [-0.2, 0) is 32.7 Å². The van der Waals surface area contributed by atoms with Gasteiger partial charge in [-0.25, -0.2) is 22.3 Å². The van der Waals surface area contributed by atoms with E-state index < -0.39 is 15.6 Å². The maximum Gasteiger partial charge on any atom is 0.485 e. The predicted octanol–water partition coefficient (Wildman–Crippen LogP) is 4.87. The van der Waals surface area contributed by atoms with E-state index in [1.807, 2.05) is 0 Å². The Balaban J connectivity index is 0.00000109. The molecule has 0 N–H and O–H groups in total. The molecule has 0 atom stereocenters. The molecule has 0 amide bonds. The van der Waals surface area contributed by atoms with Gasteiger partial charge < -0.3 is 9.29 Å². The van der Waals surface area contributed by atoms with Crippen molar-refractivity contribution in [2.75, 3.05) is 6.61 Å². The Bertz CT molecular complexity index is 792. The predicted molar refractivity (Wildman–Crippen MR) is 118 cm³/mol. The van der Waals surface area contributed by atoms with Crippen molar-refractivity contribution in [3.63, 3.8) is 0 Å². The van der Waals surface area contributed by atoms with Crippen LogP contribution in [0, 0.1) is 0 Å². The summed E-state index contributed by atoms with van der Waals surface area (Å²) >= 11 is 0. The molecule has 7 nitrogen and oxygen atoms in total. The SMILES string of the molecule is C=C(C)C(=O)OCCCCCCCC[n+]1ccn(CCCCCC)c1.O=S(=O)([O-])C(F)(F)F. The highest BCUT2D eigenvalue weighted by molar-refractivity contribution is 7.86. The molecule has 0 aliphatic rings. The summed E-state index contributed by atoms with van der Waals surface area (Å²) < 4.78 is 68.6. The number of nitrogens with zero attached hydrogens (tertiary/aromatic N) is 2. The van der Waals surface area contributed by atoms with Gasteiger partial charge in [0.15, 0.2) is 10.1 Å². The lowest BCUT2D eigenvalue weighted by atomic mass is 10.1. The van der Waals surface area contributed by atoms with Gasteiger partial charge in [0.2, 0.25) is 6.33 Å². The maximum atomic E-state index is 11.2. The second kappa shape index (κ2) is 16.7. The monoisotopic (exact) mass is 498 g/mol. The van der Waals surface area contributed by atoms with Gasteiger partial charge in [-0.15, -0.1) is 0 Å². The number of halogens is 3.